The number of methoxy groups -OCH3 is 1. The molecule has 174 valence electrons. The van der Waals surface area contributed by atoms with Gasteiger partial charge in [-0.3, -0.25) is 14.5 Å². The number of hydrogen-bond donors (Lipinski definition) is 1. The number of halogens is 1. The molecule has 2 saturated heterocycles. The van der Waals surface area contributed by atoms with Gasteiger partial charge in [-0.05, 0) is 30.7 Å². The van der Waals surface area contributed by atoms with E-state index >= 15 is 0 Å². The predicted octanol–water partition coefficient (Wildman–Crippen LogP) is 3.41. The summed E-state index contributed by atoms with van der Waals surface area (Å²) in [4.78, 5) is 30.0. The molecule has 2 aliphatic rings. The van der Waals surface area contributed by atoms with Crippen molar-refractivity contribution in [3.8, 4) is 5.75 Å². The van der Waals surface area contributed by atoms with Gasteiger partial charge >= 0.3 is 0 Å². The molecule has 2 fully saturated rings. The maximum absolute atomic E-state index is 13.1. The lowest BCUT2D eigenvalue weighted by Gasteiger charge is -2.31. The number of benzene rings is 2. The van der Waals surface area contributed by atoms with E-state index in [1.165, 1.54) is 13.2 Å². The van der Waals surface area contributed by atoms with Crippen molar-refractivity contribution in [2.45, 2.75) is 13.0 Å². The Morgan fingerprint density at radius 2 is 1.82 bits per heavy atom. The van der Waals surface area contributed by atoms with Crippen molar-refractivity contribution < 1.29 is 24.2 Å². The Balaban J connectivity index is 1.74. The summed E-state index contributed by atoms with van der Waals surface area (Å²) >= 11 is 6.24. The summed E-state index contributed by atoms with van der Waals surface area (Å²) in [6.07, 6.45) is 0. The first-order valence-corrected chi connectivity index (χ1v) is 11.3. The molecule has 7 nitrogen and oxygen atoms in total. The Labute approximate surface area is 198 Å². The van der Waals surface area contributed by atoms with Crippen LogP contribution in [0.25, 0.3) is 5.76 Å². The summed E-state index contributed by atoms with van der Waals surface area (Å²) < 4.78 is 10.6. The lowest BCUT2D eigenvalue weighted by Crippen LogP contribution is -2.42. The average molecular weight is 471 g/mol. The van der Waals surface area contributed by atoms with Gasteiger partial charge in [0.25, 0.3) is 11.7 Å². The third-order valence-electron chi connectivity index (χ3n) is 6.12. The van der Waals surface area contributed by atoms with Crippen LogP contribution in [0.1, 0.15) is 22.7 Å². The van der Waals surface area contributed by atoms with Gasteiger partial charge in [-0.15, -0.1) is 0 Å². The van der Waals surface area contributed by atoms with Crippen LogP contribution in [0.3, 0.4) is 0 Å². The highest BCUT2D eigenvalue weighted by molar-refractivity contribution is 6.46. The molecule has 2 heterocycles. The summed E-state index contributed by atoms with van der Waals surface area (Å²) in [5.41, 5.74) is 2.24. The lowest BCUT2D eigenvalue weighted by molar-refractivity contribution is -0.140. The maximum Gasteiger partial charge on any atom is 0.295 e. The van der Waals surface area contributed by atoms with E-state index in [1.54, 1.807) is 17.0 Å². The number of ether oxygens (including phenoxy) is 2. The normalized spacial score (nSPS) is 20.9. The summed E-state index contributed by atoms with van der Waals surface area (Å²) in [5.74, 6) is -1.12. The summed E-state index contributed by atoms with van der Waals surface area (Å²) in [7, 11) is 1.50. The summed E-state index contributed by atoms with van der Waals surface area (Å²) in [6.45, 7) is 5.82. The SMILES string of the molecule is COc1ccc(C(O)=C2C(=O)C(=O)N(CCN3CCOCC3)[C@H]2c2ccc(C)cc2)cc1Cl. The molecule has 2 aliphatic heterocycles. The summed E-state index contributed by atoms with van der Waals surface area (Å²) in [5, 5.41) is 11.5. The number of carbonyl (C=O) groups is 2. The molecule has 1 N–H and O–H groups in total. The van der Waals surface area contributed by atoms with Crippen LogP contribution in [0, 0.1) is 6.92 Å². The van der Waals surface area contributed by atoms with Crippen molar-refractivity contribution in [1.82, 2.24) is 9.80 Å². The molecule has 33 heavy (non-hydrogen) atoms. The zero-order valence-electron chi connectivity index (χ0n) is 18.7. The second-order valence-corrected chi connectivity index (χ2v) is 8.61. The van der Waals surface area contributed by atoms with Crippen LogP contribution < -0.4 is 4.74 Å². The Bertz CT molecular complexity index is 1080. The largest absolute Gasteiger partial charge is 0.507 e. The molecular weight excluding hydrogens is 444 g/mol. The minimum atomic E-state index is -0.702. The summed E-state index contributed by atoms with van der Waals surface area (Å²) in [6, 6.07) is 11.7. The molecule has 0 radical (unpaired) electrons. The van der Waals surface area contributed by atoms with Crippen LogP contribution in [0.5, 0.6) is 5.75 Å². The van der Waals surface area contributed by atoms with Gasteiger partial charge in [0.1, 0.15) is 11.5 Å². The van der Waals surface area contributed by atoms with Gasteiger partial charge in [-0.1, -0.05) is 41.4 Å². The van der Waals surface area contributed by atoms with E-state index in [9.17, 15) is 14.7 Å². The highest BCUT2D eigenvalue weighted by Crippen LogP contribution is 2.40. The van der Waals surface area contributed by atoms with E-state index < -0.39 is 17.7 Å². The number of nitrogens with zero attached hydrogens (tertiary/aromatic N) is 2. The fraction of sp³-hybridized carbons (Fsp3) is 0.360. The number of ketones is 1. The number of carbonyl (C=O) groups excluding carboxylic acids is 2. The van der Waals surface area contributed by atoms with Crippen LogP contribution in [-0.4, -0.2) is 73.1 Å². The van der Waals surface area contributed by atoms with Crippen LogP contribution in [0.4, 0.5) is 0 Å². The van der Waals surface area contributed by atoms with E-state index in [1.807, 2.05) is 31.2 Å². The highest BCUT2D eigenvalue weighted by atomic mass is 35.5. The smallest absolute Gasteiger partial charge is 0.295 e. The fourth-order valence-electron chi connectivity index (χ4n) is 4.25. The molecule has 0 aliphatic carbocycles. The number of morpholine rings is 1. The Morgan fingerprint density at radius 1 is 1.12 bits per heavy atom. The molecule has 0 unspecified atom stereocenters. The van der Waals surface area contributed by atoms with Crippen molar-refractivity contribution in [2.75, 3.05) is 46.5 Å². The first-order valence-electron chi connectivity index (χ1n) is 10.9. The van der Waals surface area contributed by atoms with Crippen molar-refractivity contribution >= 4 is 29.1 Å². The van der Waals surface area contributed by atoms with Gasteiger partial charge in [0.15, 0.2) is 0 Å². The van der Waals surface area contributed by atoms with Crippen molar-refractivity contribution in [1.29, 1.82) is 0 Å². The molecule has 0 saturated carbocycles. The minimum absolute atomic E-state index is 0.0621. The standard InChI is InChI=1S/C25H27ClN2O5/c1-16-3-5-17(6-4-16)22-21(23(29)18-7-8-20(32-2)19(26)15-18)24(30)25(31)28(22)10-9-27-11-13-33-14-12-27/h3-8,15,22,29H,9-14H2,1-2H3/t22-/m0/s1. The molecule has 2 aromatic rings. The van der Waals surface area contributed by atoms with Crippen LogP contribution >= 0.6 is 11.6 Å². The molecular formula is C25H27ClN2O5. The van der Waals surface area contributed by atoms with E-state index in [2.05, 4.69) is 4.90 Å². The second kappa shape index (κ2) is 9.95. The Kier molecular flexibility index (Phi) is 7.02. The van der Waals surface area contributed by atoms with Gasteiger partial charge < -0.3 is 19.5 Å². The molecule has 0 bridgehead atoms. The molecule has 1 amide bonds. The fourth-order valence-corrected chi connectivity index (χ4v) is 4.51. The van der Waals surface area contributed by atoms with Gasteiger partial charge in [0.05, 0.1) is 37.0 Å². The first kappa shape index (κ1) is 23.3. The van der Waals surface area contributed by atoms with Crippen molar-refractivity contribution in [3.05, 3.63) is 69.8 Å². The number of hydrogen-bond acceptors (Lipinski definition) is 6. The third kappa shape index (κ3) is 4.76. The number of likely N-dealkylation sites (tertiary alicyclic amines) is 1. The van der Waals surface area contributed by atoms with E-state index in [0.717, 1.165) is 24.2 Å². The van der Waals surface area contributed by atoms with Crippen LogP contribution in [-0.2, 0) is 14.3 Å². The van der Waals surface area contributed by atoms with Crippen LogP contribution in [0.2, 0.25) is 5.02 Å². The monoisotopic (exact) mass is 470 g/mol. The van der Waals surface area contributed by atoms with E-state index in [4.69, 9.17) is 21.1 Å². The minimum Gasteiger partial charge on any atom is -0.507 e. The number of aryl methyl sites for hydroxylation is 1. The van der Waals surface area contributed by atoms with E-state index in [0.29, 0.717) is 42.6 Å². The number of Topliss-reactive ketones (excluding diaryl/α,β-unsaturated/α-hetero) is 1. The molecule has 0 aromatic heterocycles. The van der Waals surface area contributed by atoms with E-state index in [-0.39, 0.29) is 11.3 Å². The number of aliphatic hydroxyl groups is 1. The van der Waals surface area contributed by atoms with Gasteiger partial charge in [-0.2, -0.15) is 0 Å². The zero-order valence-corrected chi connectivity index (χ0v) is 19.5. The molecule has 1 atom stereocenters. The zero-order chi connectivity index (χ0) is 23.5. The second-order valence-electron chi connectivity index (χ2n) is 8.21. The lowest BCUT2D eigenvalue weighted by atomic mass is 9.94. The Hall–Kier alpha value is -2.87. The number of rotatable bonds is 6. The molecule has 0 spiro atoms. The average Bonchev–Trinajstić information content (AvgIpc) is 3.08. The number of aliphatic hydroxyl groups excluding tert-OH is 1. The Morgan fingerprint density at radius 3 is 2.45 bits per heavy atom. The van der Waals surface area contributed by atoms with Crippen molar-refractivity contribution in [2.24, 2.45) is 0 Å². The van der Waals surface area contributed by atoms with Crippen LogP contribution in [0.15, 0.2) is 48.0 Å². The molecule has 2 aromatic carbocycles. The predicted molar refractivity (Wildman–Crippen MR) is 125 cm³/mol. The molecule has 8 heteroatoms. The van der Waals surface area contributed by atoms with Crippen molar-refractivity contribution in [3.63, 3.8) is 0 Å². The highest BCUT2D eigenvalue weighted by Gasteiger charge is 2.46. The first-order chi connectivity index (χ1) is 15.9. The van der Waals surface area contributed by atoms with Gasteiger partial charge in [0, 0.05) is 31.7 Å². The van der Waals surface area contributed by atoms with Gasteiger partial charge in [-0.25, -0.2) is 0 Å². The van der Waals surface area contributed by atoms with Gasteiger partial charge in [0.2, 0.25) is 0 Å². The topological polar surface area (TPSA) is 79.3 Å². The molecule has 4 rings (SSSR count). The quantitative estimate of drug-likeness (QED) is 0.396. The maximum atomic E-state index is 13.1. The number of amides is 1. The third-order valence-corrected chi connectivity index (χ3v) is 6.41.